The van der Waals surface area contributed by atoms with Crippen molar-refractivity contribution in [3.8, 4) is 0 Å². The average molecular weight is 239 g/mol. The molecule has 1 aromatic rings. The highest BCUT2D eigenvalue weighted by atomic mass is 16.5. The van der Waals surface area contributed by atoms with E-state index in [0.717, 1.165) is 0 Å². The lowest BCUT2D eigenvalue weighted by Gasteiger charge is -2.23. The second-order valence-corrected chi connectivity index (χ2v) is 4.05. The summed E-state index contributed by atoms with van der Waals surface area (Å²) in [6, 6.07) is 1.56. The number of nitrogens with zero attached hydrogens (tertiary/aromatic N) is 2. The van der Waals surface area contributed by atoms with Gasteiger partial charge in [-0.1, -0.05) is 0 Å². The van der Waals surface area contributed by atoms with E-state index in [1.807, 2.05) is 0 Å². The Morgan fingerprint density at radius 3 is 2.94 bits per heavy atom. The molecule has 0 aliphatic heterocycles. The van der Waals surface area contributed by atoms with E-state index in [4.69, 9.17) is 4.74 Å². The second-order valence-electron chi connectivity index (χ2n) is 4.05. The van der Waals surface area contributed by atoms with Crippen molar-refractivity contribution in [2.45, 2.75) is 18.9 Å². The Morgan fingerprint density at radius 2 is 2.35 bits per heavy atom. The first-order valence-electron chi connectivity index (χ1n) is 5.31. The summed E-state index contributed by atoms with van der Waals surface area (Å²) in [6.07, 6.45) is 3.27. The standard InChI is InChI=1S/C11H17N3O3/c1-11(16,4-6-17-2)8-12-10(15)9-3-5-13-14-7-9/h3,5,7,16H,4,6,8H2,1-2H3,(H,12,15). The number of methoxy groups -OCH3 is 1. The van der Waals surface area contributed by atoms with Gasteiger partial charge in [-0.15, -0.1) is 0 Å². The summed E-state index contributed by atoms with van der Waals surface area (Å²) in [5.74, 6) is -0.280. The molecule has 0 saturated heterocycles. The molecule has 1 rings (SSSR count). The Morgan fingerprint density at radius 1 is 1.59 bits per heavy atom. The molecule has 0 saturated carbocycles. The molecule has 1 aromatic heterocycles. The van der Waals surface area contributed by atoms with Crippen LogP contribution in [0.3, 0.4) is 0 Å². The van der Waals surface area contributed by atoms with E-state index in [0.29, 0.717) is 18.6 Å². The van der Waals surface area contributed by atoms with Crippen molar-refractivity contribution >= 4 is 5.91 Å². The fourth-order valence-electron chi connectivity index (χ4n) is 1.21. The lowest BCUT2D eigenvalue weighted by atomic mass is 10.0. The van der Waals surface area contributed by atoms with Crippen LogP contribution in [-0.2, 0) is 4.74 Å². The number of aromatic nitrogens is 2. The zero-order valence-corrected chi connectivity index (χ0v) is 10.0. The van der Waals surface area contributed by atoms with E-state index in [2.05, 4.69) is 15.5 Å². The smallest absolute Gasteiger partial charge is 0.253 e. The van der Waals surface area contributed by atoms with Crippen LogP contribution in [0.25, 0.3) is 0 Å². The molecule has 0 radical (unpaired) electrons. The number of hydrogen-bond acceptors (Lipinski definition) is 5. The lowest BCUT2D eigenvalue weighted by Crippen LogP contribution is -2.41. The van der Waals surface area contributed by atoms with Crippen molar-refractivity contribution < 1.29 is 14.6 Å². The highest BCUT2D eigenvalue weighted by molar-refractivity contribution is 5.93. The monoisotopic (exact) mass is 239 g/mol. The van der Waals surface area contributed by atoms with Crippen LogP contribution in [-0.4, -0.2) is 47.1 Å². The molecule has 17 heavy (non-hydrogen) atoms. The molecular weight excluding hydrogens is 222 g/mol. The molecule has 2 N–H and O–H groups in total. The van der Waals surface area contributed by atoms with Crippen molar-refractivity contribution in [1.82, 2.24) is 15.5 Å². The molecule has 0 bridgehead atoms. The van der Waals surface area contributed by atoms with Crippen LogP contribution in [0.4, 0.5) is 0 Å². The molecule has 0 spiro atoms. The predicted molar refractivity (Wildman–Crippen MR) is 61.5 cm³/mol. The Kier molecular flexibility index (Phi) is 4.99. The number of amides is 1. The number of carbonyl (C=O) groups is 1. The summed E-state index contributed by atoms with van der Waals surface area (Å²) < 4.78 is 4.88. The summed E-state index contributed by atoms with van der Waals surface area (Å²) in [4.78, 5) is 11.6. The van der Waals surface area contributed by atoms with Gasteiger partial charge in [0.15, 0.2) is 0 Å². The van der Waals surface area contributed by atoms with Gasteiger partial charge in [0.2, 0.25) is 0 Å². The molecule has 0 aliphatic carbocycles. The molecule has 1 atom stereocenters. The Bertz CT molecular complexity index is 354. The fourth-order valence-corrected chi connectivity index (χ4v) is 1.21. The zero-order valence-electron chi connectivity index (χ0n) is 10.0. The highest BCUT2D eigenvalue weighted by Gasteiger charge is 2.21. The van der Waals surface area contributed by atoms with Crippen molar-refractivity contribution in [2.24, 2.45) is 0 Å². The molecular formula is C11H17N3O3. The van der Waals surface area contributed by atoms with Crippen LogP contribution in [0.15, 0.2) is 18.5 Å². The van der Waals surface area contributed by atoms with Crippen molar-refractivity contribution in [1.29, 1.82) is 0 Å². The second kappa shape index (κ2) is 6.27. The van der Waals surface area contributed by atoms with Gasteiger partial charge in [0, 0.05) is 26.7 Å². The first kappa shape index (κ1) is 13.5. The van der Waals surface area contributed by atoms with Gasteiger partial charge >= 0.3 is 0 Å². The van der Waals surface area contributed by atoms with E-state index >= 15 is 0 Å². The SMILES string of the molecule is COCCC(C)(O)CNC(=O)c1ccnnc1. The number of carbonyl (C=O) groups excluding carboxylic acids is 1. The Labute approximate surface area is 100 Å². The highest BCUT2D eigenvalue weighted by Crippen LogP contribution is 2.07. The third-order valence-electron chi connectivity index (χ3n) is 2.32. The normalized spacial score (nSPS) is 14.1. The Balaban J connectivity index is 2.43. The van der Waals surface area contributed by atoms with Gasteiger partial charge in [0.05, 0.1) is 23.6 Å². The maximum absolute atomic E-state index is 11.6. The van der Waals surface area contributed by atoms with Gasteiger partial charge in [0.1, 0.15) is 0 Å². The van der Waals surface area contributed by atoms with Crippen LogP contribution < -0.4 is 5.32 Å². The molecule has 0 aromatic carbocycles. The summed E-state index contributed by atoms with van der Waals surface area (Å²) >= 11 is 0. The van der Waals surface area contributed by atoms with Crippen molar-refractivity contribution in [3.05, 3.63) is 24.0 Å². The van der Waals surface area contributed by atoms with Gasteiger partial charge in [-0.2, -0.15) is 10.2 Å². The molecule has 1 heterocycles. The number of rotatable bonds is 6. The van der Waals surface area contributed by atoms with Gasteiger partial charge in [-0.05, 0) is 13.0 Å². The Hall–Kier alpha value is -1.53. The van der Waals surface area contributed by atoms with Crippen molar-refractivity contribution in [3.63, 3.8) is 0 Å². The van der Waals surface area contributed by atoms with Crippen LogP contribution in [0, 0.1) is 0 Å². The maximum atomic E-state index is 11.6. The third kappa shape index (κ3) is 4.88. The van der Waals surface area contributed by atoms with E-state index in [1.165, 1.54) is 12.4 Å². The summed E-state index contributed by atoms with van der Waals surface area (Å²) in [5, 5.41) is 19.7. The minimum Gasteiger partial charge on any atom is -0.388 e. The van der Waals surface area contributed by atoms with Crippen LogP contribution in [0.5, 0.6) is 0 Å². The minimum atomic E-state index is -0.980. The number of ether oxygens (including phenoxy) is 1. The topological polar surface area (TPSA) is 84.3 Å². The summed E-state index contributed by atoms with van der Waals surface area (Å²) in [5.41, 5.74) is -0.561. The fraction of sp³-hybridized carbons (Fsp3) is 0.545. The molecule has 0 aliphatic rings. The van der Waals surface area contributed by atoms with Gasteiger partial charge < -0.3 is 15.2 Å². The minimum absolute atomic E-state index is 0.164. The largest absolute Gasteiger partial charge is 0.388 e. The van der Waals surface area contributed by atoms with Gasteiger partial charge in [-0.3, -0.25) is 4.79 Å². The van der Waals surface area contributed by atoms with E-state index < -0.39 is 5.60 Å². The van der Waals surface area contributed by atoms with Crippen LogP contribution in [0.1, 0.15) is 23.7 Å². The quantitative estimate of drug-likeness (QED) is 0.729. The van der Waals surface area contributed by atoms with Crippen molar-refractivity contribution in [2.75, 3.05) is 20.3 Å². The predicted octanol–water partition coefficient (Wildman–Crippen LogP) is -0.00610. The first-order chi connectivity index (χ1) is 8.05. The summed E-state index contributed by atoms with van der Waals surface area (Å²) in [6.45, 7) is 2.26. The van der Waals surface area contributed by atoms with E-state index in [-0.39, 0.29) is 12.5 Å². The van der Waals surface area contributed by atoms with Crippen LogP contribution in [0.2, 0.25) is 0 Å². The molecule has 1 unspecified atom stereocenters. The number of hydrogen-bond donors (Lipinski definition) is 2. The molecule has 0 fully saturated rings. The average Bonchev–Trinajstić information content (AvgIpc) is 2.35. The molecule has 6 nitrogen and oxygen atoms in total. The zero-order chi connectivity index (χ0) is 12.7. The lowest BCUT2D eigenvalue weighted by molar-refractivity contribution is 0.0243. The number of aliphatic hydroxyl groups is 1. The molecule has 6 heteroatoms. The van der Waals surface area contributed by atoms with E-state index in [9.17, 15) is 9.90 Å². The number of nitrogens with one attached hydrogen (secondary N) is 1. The van der Waals surface area contributed by atoms with Gasteiger partial charge in [-0.25, -0.2) is 0 Å². The van der Waals surface area contributed by atoms with E-state index in [1.54, 1.807) is 20.1 Å². The summed E-state index contributed by atoms with van der Waals surface area (Å²) in [7, 11) is 1.57. The first-order valence-corrected chi connectivity index (χ1v) is 5.31. The van der Waals surface area contributed by atoms with Crippen LogP contribution >= 0.6 is 0 Å². The van der Waals surface area contributed by atoms with Gasteiger partial charge in [0.25, 0.3) is 5.91 Å². The third-order valence-corrected chi connectivity index (χ3v) is 2.32. The molecule has 1 amide bonds. The maximum Gasteiger partial charge on any atom is 0.253 e. The molecule has 94 valence electrons.